The molecule has 0 bridgehead atoms. The van der Waals surface area contributed by atoms with E-state index in [0.717, 1.165) is 12.8 Å². The fourth-order valence-electron chi connectivity index (χ4n) is 3.52. The number of carbonyl (C=O) groups is 2. The van der Waals surface area contributed by atoms with Crippen molar-refractivity contribution in [1.82, 2.24) is 14.9 Å². The Morgan fingerprint density at radius 3 is 2.88 bits per heavy atom. The number of carbonyl (C=O) groups excluding carboxylic acids is 2. The van der Waals surface area contributed by atoms with Crippen LogP contribution in [0.2, 0.25) is 0 Å². The number of halogens is 1. The van der Waals surface area contributed by atoms with Gasteiger partial charge >= 0.3 is 6.03 Å². The molecule has 9 heteroatoms. The molecule has 0 radical (unpaired) electrons. The van der Waals surface area contributed by atoms with Crippen molar-refractivity contribution in [3.8, 4) is 5.75 Å². The van der Waals surface area contributed by atoms with Crippen LogP contribution in [0.3, 0.4) is 0 Å². The highest BCUT2D eigenvalue weighted by Crippen LogP contribution is 2.31. The number of urea groups is 1. The van der Waals surface area contributed by atoms with Gasteiger partial charge in [0.15, 0.2) is 11.6 Å². The first-order valence-corrected chi connectivity index (χ1v) is 12.1. The smallest absolute Gasteiger partial charge is 0.324 e. The molecule has 32 heavy (non-hydrogen) atoms. The first-order valence-electron chi connectivity index (χ1n) is 11.1. The summed E-state index contributed by atoms with van der Waals surface area (Å²) in [5.41, 5.74) is -0.517. The average Bonchev–Trinajstić information content (AvgIpc) is 2.74. The zero-order valence-electron chi connectivity index (χ0n) is 18.4. The van der Waals surface area contributed by atoms with Crippen molar-refractivity contribution in [2.24, 2.45) is 5.92 Å². The molecule has 1 aliphatic heterocycles. The van der Waals surface area contributed by atoms with E-state index in [1.165, 1.54) is 24.4 Å². The molecule has 3 N–H and O–H groups in total. The van der Waals surface area contributed by atoms with Crippen molar-refractivity contribution < 1.29 is 23.8 Å². The Kier molecular flexibility index (Phi) is 8.95. The van der Waals surface area contributed by atoms with Gasteiger partial charge in [0.05, 0.1) is 6.61 Å². The molecule has 1 aromatic carbocycles. The van der Waals surface area contributed by atoms with E-state index in [1.807, 2.05) is 19.1 Å². The molecule has 1 aromatic rings. The van der Waals surface area contributed by atoms with Gasteiger partial charge in [-0.25, -0.2) is 9.18 Å². The summed E-state index contributed by atoms with van der Waals surface area (Å²) in [7, 11) is 0. The summed E-state index contributed by atoms with van der Waals surface area (Å²) in [6.45, 7) is 3.57. The second-order valence-corrected chi connectivity index (χ2v) is 9.20. The third-order valence-corrected chi connectivity index (χ3v) is 6.74. The molecule has 2 fully saturated rings. The minimum absolute atomic E-state index is 0.195. The van der Waals surface area contributed by atoms with E-state index in [-0.39, 0.29) is 17.7 Å². The molecule has 2 aliphatic rings. The number of benzene rings is 1. The van der Waals surface area contributed by atoms with Crippen molar-refractivity contribution in [3.63, 3.8) is 0 Å². The highest BCUT2D eigenvalue weighted by atomic mass is 32.2. The van der Waals surface area contributed by atoms with Crippen molar-refractivity contribution in [1.29, 1.82) is 0 Å². The fourth-order valence-corrected chi connectivity index (χ4v) is 4.21. The molecule has 1 atom stereocenters. The largest absolute Gasteiger partial charge is 0.490 e. The Labute approximate surface area is 192 Å². The van der Waals surface area contributed by atoms with Crippen LogP contribution in [0.5, 0.6) is 5.75 Å². The normalized spacial score (nSPS) is 19.0. The van der Waals surface area contributed by atoms with Crippen LogP contribution in [0, 0.1) is 11.7 Å². The van der Waals surface area contributed by atoms with Crippen LogP contribution in [0.1, 0.15) is 44.6 Å². The average molecular weight is 466 g/mol. The van der Waals surface area contributed by atoms with Gasteiger partial charge in [-0.3, -0.25) is 14.8 Å². The van der Waals surface area contributed by atoms with Gasteiger partial charge in [0.1, 0.15) is 5.60 Å². The zero-order valence-corrected chi connectivity index (χ0v) is 19.3. The standard InChI is InChI=1S/C23H32FN3O4S/c1-2-23(30,18-8-9-19(24)20(14-18)31-15-17-6-5-7-17)16-25-32-13-4-3-11-27-12-10-21(28)26-22(27)29/h3-4,8-9,14,17,25,30H,2,5-7,10-13,15-16H2,1H3,(H,26,28,29)/b4-3+/t23-/m1/s1. The van der Waals surface area contributed by atoms with Crippen molar-refractivity contribution >= 4 is 23.9 Å². The number of ether oxygens (including phenoxy) is 1. The predicted molar refractivity (Wildman–Crippen MR) is 123 cm³/mol. The van der Waals surface area contributed by atoms with Crippen LogP contribution in [-0.2, 0) is 10.4 Å². The molecule has 1 saturated heterocycles. The first kappa shape index (κ1) is 24.5. The number of nitrogens with one attached hydrogen (secondary N) is 2. The second-order valence-electron chi connectivity index (χ2n) is 8.29. The minimum Gasteiger partial charge on any atom is -0.490 e. The number of rotatable bonds is 12. The Bertz CT molecular complexity index is 833. The summed E-state index contributed by atoms with van der Waals surface area (Å²) in [6, 6.07) is 4.21. The Morgan fingerprint density at radius 1 is 1.38 bits per heavy atom. The summed E-state index contributed by atoms with van der Waals surface area (Å²) in [5, 5.41) is 13.4. The lowest BCUT2D eigenvalue weighted by Gasteiger charge is -2.29. The summed E-state index contributed by atoms with van der Waals surface area (Å²) in [5.74, 6) is 0.691. The minimum atomic E-state index is -1.14. The van der Waals surface area contributed by atoms with Gasteiger partial charge in [-0.05, 0) is 42.9 Å². The molecular weight excluding hydrogens is 433 g/mol. The number of hydrogen-bond donors (Lipinski definition) is 3. The molecule has 0 spiro atoms. The van der Waals surface area contributed by atoms with E-state index >= 15 is 0 Å². The topological polar surface area (TPSA) is 90.9 Å². The molecule has 0 unspecified atom stereocenters. The maximum Gasteiger partial charge on any atom is 0.324 e. The Balaban J connectivity index is 1.43. The molecule has 1 aliphatic carbocycles. The van der Waals surface area contributed by atoms with Crippen LogP contribution in [-0.4, -0.2) is 53.9 Å². The van der Waals surface area contributed by atoms with Gasteiger partial charge in [0.25, 0.3) is 0 Å². The van der Waals surface area contributed by atoms with E-state index in [4.69, 9.17) is 4.74 Å². The summed E-state index contributed by atoms with van der Waals surface area (Å²) < 4.78 is 23.0. The number of imide groups is 1. The van der Waals surface area contributed by atoms with E-state index in [0.29, 0.717) is 56.3 Å². The first-order chi connectivity index (χ1) is 15.4. The van der Waals surface area contributed by atoms with Crippen molar-refractivity contribution in [2.75, 3.05) is 32.0 Å². The number of hydrogen-bond acceptors (Lipinski definition) is 6. The summed E-state index contributed by atoms with van der Waals surface area (Å²) in [4.78, 5) is 24.4. The molecule has 1 heterocycles. The van der Waals surface area contributed by atoms with Crippen LogP contribution in [0.15, 0.2) is 30.4 Å². The molecule has 1 saturated carbocycles. The monoisotopic (exact) mass is 465 g/mol. The molecule has 3 amide bonds. The number of nitrogens with zero attached hydrogens (tertiary/aromatic N) is 1. The zero-order chi connectivity index (χ0) is 23.0. The summed E-state index contributed by atoms with van der Waals surface area (Å²) in [6.07, 6.45) is 8.05. The highest BCUT2D eigenvalue weighted by molar-refractivity contribution is 7.97. The number of aliphatic hydroxyl groups is 1. The predicted octanol–water partition coefficient (Wildman–Crippen LogP) is 3.34. The van der Waals surface area contributed by atoms with Crippen LogP contribution >= 0.6 is 11.9 Å². The lowest BCUT2D eigenvalue weighted by atomic mass is 9.86. The van der Waals surface area contributed by atoms with Gasteiger partial charge in [-0.2, -0.15) is 0 Å². The molecule has 176 valence electrons. The van der Waals surface area contributed by atoms with Gasteiger partial charge in [0, 0.05) is 31.8 Å². The molecule has 7 nitrogen and oxygen atoms in total. The Morgan fingerprint density at radius 2 is 2.19 bits per heavy atom. The van der Waals surface area contributed by atoms with E-state index in [1.54, 1.807) is 17.0 Å². The van der Waals surface area contributed by atoms with Crippen molar-refractivity contribution in [2.45, 2.75) is 44.6 Å². The summed E-state index contributed by atoms with van der Waals surface area (Å²) >= 11 is 1.43. The van der Waals surface area contributed by atoms with E-state index in [2.05, 4.69) is 10.0 Å². The van der Waals surface area contributed by atoms with Crippen LogP contribution in [0.4, 0.5) is 9.18 Å². The highest BCUT2D eigenvalue weighted by Gasteiger charge is 2.28. The van der Waals surface area contributed by atoms with Crippen molar-refractivity contribution in [3.05, 3.63) is 41.7 Å². The maximum absolute atomic E-state index is 14.2. The molecular formula is C23H32FN3O4S. The maximum atomic E-state index is 14.2. The lowest BCUT2D eigenvalue weighted by Crippen LogP contribution is -2.49. The second kappa shape index (κ2) is 11.7. The quantitative estimate of drug-likeness (QED) is 0.249. The van der Waals surface area contributed by atoms with Gasteiger partial charge in [0.2, 0.25) is 5.91 Å². The van der Waals surface area contributed by atoms with Gasteiger partial charge < -0.3 is 14.7 Å². The van der Waals surface area contributed by atoms with Crippen LogP contribution in [0.25, 0.3) is 0 Å². The van der Waals surface area contributed by atoms with E-state index < -0.39 is 11.4 Å². The lowest BCUT2D eigenvalue weighted by molar-refractivity contribution is -0.121. The van der Waals surface area contributed by atoms with Gasteiger partial charge in [-0.1, -0.05) is 43.5 Å². The third kappa shape index (κ3) is 6.70. The molecule has 3 rings (SSSR count). The van der Waals surface area contributed by atoms with E-state index in [9.17, 15) is 19.1 Å². The molecule has 0 aromatic heterocycles. The fraction of sp³-hybridized carbons (Fsp3) is 0.565. The third-order valence-electron chi connectivity index (χ3n) is 6.03. The number of amides is 3. The van der Waals surface area contributed by atoms with Gasteiger partial charge in [-0.15, -0.1) is 0 Å². The Hall–Kier alpha value is -2.10. The SMILES string of the molecule is CC[C@@](O)(CNSC/C=C/CN1CCC(=O)NC1=O)c1ccc(F)c(OCC2CCC2)c1. The van der Waals surface area contributed by atoms with Crippen LogP contribution < -0.4 is 14.8 Å².